The molecule has 4 nitrogen and oxygen atoms in total. The van der Waals surface area contributed by atoms with Crippen LogP contribution in [-0.2, 0) is 4.79 Å². The molecule has 18 heavy (non-hydrogen) atoms. The molecular formula is C14H28N2O2. The molecule has 0 spiro atoms. The van der Waals surface area contributed by atoms with E-state index in [1.54, 1.807) is 0 Å². The molecule has 1 aliphatic heterocycles. The van der Waals surface area contributed by atoms with E-state index in [1.165, 1.54) is 13.0 Å². The maximum atomic E-state index is 11.4. The number of piperidine rings is 1. The summed E-state index contributed by atoms with van der Waals surface area (Å²) in [7, 11) is 0. The molecule has 0 aromatic rings. The van der Waals surface area contributed by atoms with Gasteiger partial charge in [-0.25, -0.2) is 0 Å². The molecule has 1 heterocycles. The summed E-state index contributed by atoms with van der Waals surface area (Å²) in [4.78, 5) is 16.0. The number of carbonyl (C=O) groups is 1. The topological polar surface area (TPSA) is 43.8 Å². The van der Waals surface area contributed by atoms with E-state index in [4.69, 9.17) is 0 Å². The maximum absolute atomic E-state index is 11.4. The second-order valence-electron chi connectivity index (χ2n) is 5.72. The first-order valence-corrected chi connectivity index (χ1v) is 7.16. The molecule has 4 heteroatoms. The van der Waals surface area contributed by atoms with Crippen LogP contribution in [0.25, 0.3) is 0 Å². The van der Waals surface area contributed by atoms with Crippen molar-refractivity contribution in [3.8, 4) is 0 Å². The van der Waals surface area contributed by atoms with Gasteiger partial charge in [0.1, 0.15) is 5.54 Å². The molecule has 1 saturated heterocycles. The highest BCUT2D eigenvalue weighted by molar-refractivity contribution is 5.77. The van der Waals surface area contributed by atoms with Gasteiger partial charge in [-0.15, -0.1) is 0 Å². The minimum atomic E-state index is -0.758. The molecule has 0 saturated carbocycles. The van der Waals surface area contributed by atoms with Gasteiger partial charge < -0.3 is 10.0 Å². The Morgan fingerprint density at radius 3 is 2.28 bits per heavy atom. The number of nitrogens with zero attached hydrogens (tertiary/aromatic N) is 2. The third-order valence-corrected chi connectivity index (χ3v) is 4.12. The van der Waals surface area contributed by atoms with E-state index < -0.39 is 11.5 Å². The van der Waals surface area contributed by atoms with Gasteiger partial charge in [0.15, 0.2) is 0 Å². The van der Waals surface area contributed by atoms with Crippen LogP contribution in [0.3, 0.4) is 0 Å². The van der Waals surface area contributed by atoms with Crippen molar-refractivity contribution in [2.75, 3.05) is 26.2 Å². The summed E-state index contributed by atoms with van der Waals surface area (Å²) in [5.74, 6) is -0.722. The van der Waals surface area contributed by atoms with E-state index in [0.717, 1.165) is 32.5 Å². The van der Waals surface area contributed by atoms with Crippen LogP contribution in [0.1, 0.15) is 47.0 Å². The Labute approximate surface area is 111 Å². The number of carboxylic acids is 1. The lowest BCUT2D eigenvalue weighted by molar-refractivity contribution is -0.151. The van der Waals surface area contributed by atoms with Crippen LogP contribution in [-0.4, -0.2) is 58.6 Å². The first-order valence-electron chi connectivity index (χ1n) is 7.16. The quantitative estimate of drug-likeness (QED) is 0.790. The molecule has 0 aliphatic carbocycles. The summed E-state index contributed by atoms with van der Waals surface area (Å²) in [5, 5.41) is 9.36. The molecule has 1 rings (SSSR count). The summed E-state index contributed by atoms with van der Waals surface area (Å²) in [5.41, 5.74) is -0.758. The van der Waals surface area contributed by atoms with Crippen molar-refractivity contribution in [1.82, 2.24) is 9.80 Å². The number of rotatable bonds is 6. The second-order valence-corrected chi connectivity index (χ2v) is 5.72. The van der Waals surface area contributed by atoms with Gasteiger partial charge in [-0.05, 0) is 59.3 Å². The van der Waals surface area contributed by atoms with Crippen molar-refractivity contribution in [3.05, 3.63) is 0 Å². The van der Waals surface area contributed by atoms with Gasteiger partial charge in [0, 0.05) is 6.04 Å². The summed E-state index contributed by atoms with van der Waals surface area (Å²) in [6, 6.07) is 0.411. The van der Waals surface area contributed by atoms with E-state index in [0.29, 0.717) is 6.04 Å². The van der Waals surface area contributed by atoms with E-state index in [1.807, 2.05) is 13.8 Å². The Bertz CT molecular complexity index is 271. The number of hydrogen-bond acceptors (Lipinski definition) is 3. The molecule has 106 valence electrons. The third kappa shape index (κ3) is 3.45. The van der Waals surface area contributed by atoms with Gasteiger partial charge in [-0.2, -0.15) is 0 Å². The molecule has 0 aromatic heterocycles. The zero-order valence-electron chi connectivity index (χ0n) is 12.3. The SMILES string of the molecule is CCCN1CCC(N(CC)C(C)(C)C(=O)O)CC1. The lowest BCUT2D eigenvalue weighted by Crippen LogP contribution is -2.57. The van der Waals surface area contributed by atoms with Crippen molar-refractivity contribution in [2.24, 2.45) is 0 Å². The highest BCUT2D eigenvalue weighted by atomic mass is 16.4. The van der Waals surface area contributed by atoms with E-state index in [9.17, 15) is 9.90 Å². The predicted octanol–water partition coefficient (Wildman–Crippen LogP) is 2.05. The fraction of sp³-hybridized carbons (Fsp3) is 0.929. The van der Waals surface area contributed by atoms with Gasteiger partial charge in [-0.1, -0.05) is 13.8 Å². The largest absolute Gasteiger partial charge is 0.480 e. The van der Waals surface area contributed by atoms with Crippen LogP contribution in [0.2, 0.25) is 0 Å². The Morgan fingerprint density at radius 2 is 1.89 bits per heavy atom. The molecule has 0 radical (unpaired) electrons. The van der Waals surface area contributed by atoms with Crippen LogP contribution < -0.4 is 0 Å². The summed E-state index contributed by atoms with van der Waals surface area (Å²) < 4.78 is 0. The molecule has 0 unspecified atom stereocenters. The van der Waals surface area contributed by atoms with Crippen LogP contribution in [0.15, 0.2) is 0 Å². The Kier molecular flexibility index (Phi) is 5.60. The zero-order valence-corrected chi connectivity index (χ0v) is 12.3. The standard InChI is InChI=1S/C14H28N2O2/c1-5-9-15-10-7-12(8-11-15)16(6-2)14(3,4)13(17)18/h12H,5-11H2,1-4H3,(H,17,18). The maximum Gasteiger partial charge on any atom is 0.323 e. The Balaban J connectivity index is 2.61. The van der Waals surface area contributed by atoms with Crippen molar-refractivity contribution < 1.29 is 9.90 Å². The summed E-state index contributed by atoms with van der Waals surface area (Å²) in [6.45, 7) is 12.1. The Morgan fingerprint density at radius 1 is 1.33 bits per heavy atom. The first kappa shape index (κ1) is 15.4. The summed E-state index contributed by atoms with van der Waals surface area (Å²) >= 11 is 0. The number of carboxylic acid groups (broad SMARTS) is 1. The van der Waals surface area contributed by atoms with Gasteiger partial charge in [-0.3, -0.25) is 9.69 Å². The zero-order chi connectivity index (χ0) is 13.8. The minimum absolute atomic E-state index is 0.411. The summed E-state index contributed by atoms with van der Waals surface area (Å²) in [6.07, 6.45) is 3.37. The van der Waals surface area contributed by atoms with Crippen molar-refractivity contribution in [2.45, 2.75) is 58.5 Å². The van der Waals surface area contributed by atoms with E-state index in [2.05, 4.69) is 23.6 Å². The fourth-order valence-electron chi connectivity index (χ4n) is 3.00. The first-order chi connectivity index (χ1) is 8.43. The van der Waals surface area contributed by atoms with E-state index in [-0.39, 0.29) is 0 Å². The fourth-order valence-corrected chi connectivity index (χ4v) is 3.00. The predicted molar refractivity (Wildman–Crippen MR) is 73.8 cm³/mol. The average Bonchev–Trinajstić information content (AvgIpc) is 2.32. The highest BCUT2D eigenvalue weighted by Gasteiger charge is 2.38. The van der Waals surface area contributed by atoms with Gasteiger partial charge in [0.05, 0.1) is 0 Å². The molecular weight excluding hydrogens is 228 g/mol. The number of hydrogen-bond donors (Lipinski definition) is 1. The second kappa shape index (κ2) is 6.53. The number of aliphatic carboxylic acids is 1. The van der Waals surface area contributed by atoms with E-state index >= 15 is 0 Å². The van der Waals surface area contributed by atoms with Gasteiger partial charge >= 0.3 is 5.97 Å². The van der Waals surface area contributed by atoms with Crippen LogP contribution in [0, 0.1) is 0 Å². The molecule has 0 atom stereocenters. The monoisotopic (exact) mass is 256 g/mol. The van der Waals surface area contributed by atoms with Crippen LogP contribution >= 0.6 is 0 Å². The Hall–Kier alpha value is -0.610. The molecule has 1 fully saturated rings. The normalized spacial score (nSPS) is 19.4. The lowest BCUT2D eigenvalue weighted by atomic mass is 9.95. The minimum Gasteiger partial charge on any atom is -0.480 e. The van der Waals surface area contributed by atoms with Crippen LogP contribution in [0.5, 0.6) is 0 Å². The highest BCUT2D eigenvalue weighted by Crippen LogP contribution is 2.24. The third-order valence-electron chi connectivity index (χ3n) is 4.12. The van der Waals surface area contributed by atoms with Crippen molar-refractivity contribution in [1.29, 1.82) is 0 Å². The molecule has 1 aliphatic rings. The average molecular weight is 256 g/mol. The van der Waals surface area contributed by atoms with Crippen molar-refractivity contribution >= 4 is 5.97 Å². The lowest BCUT2D eigenvalue weighted by Gasteiger charge is -2.44. The van der Waals surface area contributed by atoms with Gasteiger partial charge in [0.25, 0.3) is 0 Å². The van der Waals surface area contributed by atoms with Gasteiger partial charge in [0.2, 0.25) is 0 Å². The smallest absolute Gasteiger partial charge is 0.323 e. The molecule has 1 N–H and O–H groups in total. The number of likely N-dealkylation sites (N-methyl/N-ethyl adjacent to an activating group) is 1. The van der Waals surface area contributed by atoms with Crippen molar-refractivity contribution in [3.63, 3.8) is 0 Å². The molecule has 0 bridgehead atoms. The molecule has 0 amide bonds. The van der Waals surface area contributed by atoms with Crippen LogP contribution in [0.4, 0.5) is 0 Å². The molecule has 0 aromatic carbocycles. The number of likely N-dealkylation sites (tertiary alicyclic amines) is 1.